The lowest BCUT2D eigenvalue weighted by Gasteiger charge is -2.13. The number of methoxy groups -OCH3 is 2. The maximum Gasteiger partial charge on any atom is 0.332 e. The predicted octanol–water partition coefficient (Wildman–Crippen LogP) is 3.40. The van der Waals surface area contributed by atoms with Crippen LogP contribution in [0.5, 0.6) is 11.5 Å². The zero-order valence-corrected chi connectivity index (χ0v) is 22.4. The lowest BCUT2D eigenvalue weighted by Crippen LogP contribution is -2.37. The van der Waals surface area contributed by atoms with Crippen molar-refractivity contribution in [2.45, 2.75) is 11.9 Å². The number of anilines is 1. The van der Waals surface area contributed by atoms with Crippen LogP contribution in [0.1, 0.15) is 5.56 Å². The minimum Gasteiger partial charge on any atom is -0.493 e. The highest BCUT2D eigenvalue weighted by Gasteiger charge is 2.20. The molecule has 1 N–H and O–H groups in total. The smallest absolute Gasteiger partial charge is 0.332 e. The van der Waals surface area contributed by atoms with Crippen LogP contribution in [0.3, 0.4) is 0 Å². The number of nitrogens with one attached hydrogen (secondary N) is 1. The molecular formula is C25H24ClN5O5S. The van der Waals surface area contributed by atoms with Crippen molar-refractivity contribution in [1.82, 2.24) is 19.1 Å². The Bertz CT molecular complexity index is 1650. The first kappa shape index (κ1) is 26.2. The van der Waals surface area contributed by atoms with E-state index in [0.717, 1.165) is 21.9 Å². The number of nitrogens with zero attached hydrogens (tertiary/aromatic N) is 4. The quantitative estimate of drug-likeness (QED) is 0.279. The van der Waals surface area contributed by atoms with Gasteiger partial charge in [0.05, 0.1) is 20.0 Å². The number of halogens is 1. The Hall–Kier alpha value is -3.83. The third kappa shape index (κ3) is 5.18. The van der Waals surface area contributed by atoms with Gasteiger partial charge in [-0.25, -0.2) is 14.8 Å². The number of rotatable bonds is 7. The van der Waals surface area contributed by atoms with Crippen molar-refractivity contribution in [3.63, 3.8) is 0 Å². The van der Waals surface area contributed by atoms with Gasteiger partial charge in [0, 0.05) is 30.4 Å². The minimum atomic E-state index is -0.551. The first-order valence-electron chi connectivity index (χ1n) is 11.0. The van der Waals surface area contributed by atoms with Crippen LogP contribution < -0.4 is 26.0 Å². The summed E-state index contributed by atoms with van der Waals surface area (Å²) in [5, 5.41) is 3.74. The highest BCUT2D eigenvalue weighted by molar-refractivity contribution is 8.00. The summed E-state index contributed by atoms with van der Waals surface area (Å²) in [5.41, 5.74) is 1.10. The molecular weight excluding hydrogens is 518 g/mol. The second-order valence-electron chi connectivity index (χ2n) is 8.13. The fourth-order valence-corrected chi connectivity index (χ4v) is 4.63. The standard InChI is InChI=1S/C25H24ClN5O5S/c1-13-6-8-15(11-16(13)26)27-19(32)12-37-23-20-22(30(2)25(34)31(3)24(20)33)28-21(29-23)14-7-9-17(35-4)18(10-14)36-5/h6-11H,12H2,1-5H3,(H,27,32). The number of carbonyl (C=O) groups excluding carboxylic acids is 1. The van der Waals surface area contributed by atoms with E-state index in [1.54, 1.807) is 30.3 Å². The summed E-state index contributed by atoms with van der Waals surface area (Å²) in [6.45, 7) is 1.87. The topological polar surface area (TPSA) is 117 Å². The highest BCUT2D eigenvalue weighted by atomic mass is 35.5. The van der Waals surface area contributed by atoms with Crippen LogP contribution in [0, 0.1) is 6.92 Å². The third-order valence-electron chi connectivity index (χ3n) is 5.70. The van der Waals surface area contributed by atoms with Gasteiger partial charge in [0.15, 0.2) is 23.0 Å². The molecule has 0 atom stereocenters. The van der Waals surface area contributed by atoms with Gasteiger partial charge in [-0.05, 0) is 42.8 Å². The molecule has 2 aromatic carbocycles. The molecule has 0 saturated carbocycles. The molecule has 4 rings (SSSR count). The van der Waals surface area contributed by atoms with Gasteiger partial charge in [0.25, 0.3) is 5.56 Å². The molecule has 0 aliphatic rings. The number of hydrogen-bond donors (Lipinski definition) is 1. The zero-order valence-electron chi connectivity index (χ0n) is 20.8. The van der Waals surface area contributed by atoms with Gasteiger partial charge in [-0.15, -0.1) is 0 Å². The Morgan fingerprint density at radius 3 is 2.43 bits per heavy atom. The summed E-state index contributed by atoms with van der Waals surface area (Å²) < 4.78 is 13.0. The van der Waals surface area contributed by atoms with E-state index in [0.29, 0.717) is 27.8 Å². The fraction of sp³-hybridized carbons (Fsp3) is 0.240. The maximum absolute atomic E-state index is 13.1. The fourth-order valence-electron chi connectivity index (χ4n) is 3.64. The molecule has 0 aliphatic heterocycles. The molecule has 0 saturated heterocycles. The lowest BCUT2D eigenvalue weighted by atomic mass is 10.2. The summed E-state index contributed by atoms with van der Waals surface area (Å²) in [5.74, 6) is 0.883. The number of amides is 1. The van der Waals surface area contributed by atoms with Gasteiger partial charge < -0.3 is 14.8 Å². The second kappa shape index (κ2) is 10.7. The number of fused-ring (bicyclic) bond motifs is 1. The molecule has 0 unspecified atom stereocenters. The average molecular weight is 542 g/mol. The summed E-state index contributed by atoms with van der Waals surface area (Å²) in [7, 11) is 5.95. The first-order valence-corrected chi connectivity index (χ1v) is 12.4. The van der Waals surface area contributed by atoms with Gasteiger partial charge in [0.2, 0.25) is 5.91 Å². The molecule has 37 heavy (non-hydrogen) atoms. The van der Waals surface area contributed by atoms with E-state index in [4.69, 9.17) is 21.1 Å². The van der Waals surface area contributed by atoms with Crippen LogP contribution in [-0.4, -0.2) is 45.0 Å². The second-order valence-corrected chi connectivity index (χ2v) is 9.50. The molecule has 0 radical (unpaired) electrons. The van der Waals surface area contributed by atoms with Crippen LogP contribution in [0.4, 0.5) is 5.69 Å². The largest absolute Gasteiger partial charge is 0.493 e. The number of aryl methyl sites for hydroxylation is 2. The molecule has 0 spiro atoms. The molecule has 10 nitrogen and oxygen atoms in total. The van der Waals surface area contributed by atoms with E-state index in [-0.39, 0.29) is 33.5 Å². The molecule has 12 heteroatoms. The highest BCUT2D eigenvalue weighted by Crippen LogP contribution is 2.33. The van der Waals surface area contributed by atoms with Crippen LogP contribution in [0.25, 0.3) is 22.4 Å². The Balaban J connectivity index is 1.77. The van der Waals surface area contributed by atoms with Crippen molar-refractivity contribution in [1.29, 1.82) is 0 Å². The molecule has 2 heterocycles. The number of benzene rings is 2. The molecule has 0 fully saturated rings. The Morgan fingerprint density at radius 2 is 1.76 bits per heavy atom. The van der Waals surface area contributed by atoms with Gasteiger partial charge in [-0.2, -0.15) is 0 Å². The third-order valence-corrected chi connectivity index (χ3v) is 7.09. The zero-order chi connectivity index (χ0) is 26.9. The summed E-state index contributed by atoms with van der Waals surface area (Å²) in [6, 6.07) is 10.4. The van der Waals surface area contributed by atoms with E-state index in [1.807, 2.05) is 13.0 Å². The Kier molecular flexibility index (Phi) is 7.55. The molecule has 0 bridgehead atoms. The average Bonchev–Trinajstić information content (AvgIpc) is 2.90. The number of carbonyl (C=O) groups is 1. The number of aromatic nitrogens is 4. The van der Waals surface area contributed by atoms with Crippen molar-refractivity contribution in [2.75, 3.05) is 25.3 Å². The Labute approximate surface area is 221 Å². The van der Waals surface area contributed by atoms with Gasteiger partial charge >= 0.3 is 5.69 Å². The van der Waals surface area contributed by atoms with Crippen LogP contribution in [0.2, 0.25) is 5.02 Å². The molecule has 192 valence electrons. The van der Waals surface area contributed by atoms with E-state index in [9.17, 15) is 14.4 Å². The maximum atomic E-state index is 13.1. The van der Waals surface area contributed by atoms with Crippen LogP contribution in [0.15, 0.2) is 51.0 Å². The van der Waals surface area contributed by atoms with Gasteiger partial charge in [-0.3, -0.25) is 18.7 Å². The number of hydrogen-bond acceptors (Lipinski definition) is 8. The SMILES string of the molecule is COc1ccc(-c2nc(SCC(=O)Nc3ccc(C)c(Cl)c3)c3c(=O)n(C)c(=O)n(C)c3n2)cc1OC. The molecule has 0 aliphatic carbocycles. The summed E-state index contributed by atoms with van der Waals surface area (Å²) in [4.78, 5) is 47.5. The van der Waals surface area contributed by atoms with Gasteiger partial charge in [-0.1, -0.05) is 29.4 Å². The molecule has 1 amide bonds. The monoisotopic (exact) mass is 541 g/mol. The summed E-state index contributed by atoms with van der Waals surface area (Å²) >= 11 is 7.22. The summed E-state index contributed by atoms with van der Waals surface area (Å²) in [6.07, 6.45) is 0. The number of thioether (sulfide) groups is 1. The van der Waals surface area contributed by atoms with Crippen molar-refractivity contribution in [3.8, 4) is 22.9 Å². The Morgan fingerprint density at radius 1 is 1.03 bits per heavy atom. The van der Waals surface area contributed by atoms with Crippen molar-refractivity contribution in [3.05, 3.63) is 67.8 Å². The predicted molar refractivity (Wildman–Crippen MR) is 144 cm³/mol. The minimum absolute atomic E-state index is 0.0466. The first-order chi connectivity index (χ1) is 17.6. The van der Waals surface area contributed by atoms with E-state index in [1.165, 1.54) is 32.9 Å². The van der Waals surface area contributed by atoms with E-state index in [2.05, 4.69) is 15.3 Å². The van der Waals surface area contributed by atoms with Gasteiger partial charge in [0.1, 0.15) is 10.4 Å². The number of ether oxygens (including phenoxy) is 2. The van der Waals surface area contributed by atoms with Crippen molar-refractivity contribution in [2.24, 2.45) is 14.1 Å². The molecule has 2 aromatic heterocycles. The van der Waals surface area contributed by atoms with E-state index >= 15 is 0 Å². The molecule has 4 aromatic rings. The van der Waals surface area contributed by atoms with Crippen LogP contribution >= 0.6 is 23.4 Å². The lowest BCUT2D eigenvalue weighted by molar-refractivity contribution is -0.113. The normalized spacial score (nSPS) is 11.0. The van der Waals surface area contributed by atoms with E-state index < -0.39 is 11.2 Å². The van der Waals surface area contributed by atoms with Crippen molar-refractivity contribution < 1.29 is 14.3 Å². The van der Waals surface area contributed by atoms with Crippen LogP contribution in [-0.2, 0) is 18.9 Å². The van der Waals surface area contributed by atoms with Crippen molar-refractivity contribution >= 4 is 46.0 Å².